The maximum atomic E-state index is 5.98. The van der Waals surface area contributed by atoms with Gasteiger partial charge in [-0.05, 0) is 38.0 Å². The highest BCUT2D eigenvalue weighted by atomic mass is 16.5. The maximum Gasteiger partial charge on any atom is 0.131 e. The second-order valence-electron chi connectivity index (χ2n) is 5.18. The Bertz CT molecular complexity index is 543. The zero-order valence-electron chi connectivity index (χ0n) is 11.2. The van der Waals surface area contributed by atoms with Crippen molar-refractivity contribution in [3.05, 3.63) is 59.7 Å². The lowest BCUT2D eigenvalue weighted by Crippen LogP contribution is -2.15. The number of rotatable bonds is 5. The van der Waals surface area contributed by atoms with Gasteiger partial charge in [-0.2, -0.15) is 0 Å². The minimum absolute atomic E-state index is 0.715. The standard InChI is InChI=1S/C17H19NO/c1-13-6-10-16(11-7-13)19-17-5-3-2-4-14(17)12-18-15-8-9-15/h2-7,10-11,15,18H,8-9,12H2,1H3. The SMILES string of the molecule is Cc1ccc(Oc2ccccc2CNC2CC2)cc1. The van der Waals surface area contributed by atoms with Gasteiger partial charge in [-0.3, -0.25) is 0 Å². The van der Waals surface area contributed by atoms with Gasteiger partial charge in [-0.1, -0.05) is 35.9 Å². The average molecular weight is 253 g/mol. The van der Waals surface area contributed by atoms with Crippen molar-refractivity contribution < 1.29 is 4.74 Å². The van der Waals surface area contributed by atoms with Gasteiger partial charge in [-0.15, -0.1) is 0 Å². The van der Waals surface area contributed by atoms with Crippen LogP contribution in [0.2, 0.25) is 0 Å². The third-order valence-electron chi connectivity index (χ3n) is 3.38. The molecule has 1 N–H and O–H groups in total. The summed E-state index contributed by atoms with van der Waals surface area (Å²) in [4.78, 5) is 0. The number of hydrogen-bond acceptors (Lipinski definition) is 2. The first-order valence-electron chi connectivity index (χ1n) is 6.87. The van der Waals surface area contributed by atoms with Crippen molar-refractivity contribution in [1.29, 1.82) is 0 Å². The molecule has 2 nitrogen and oxygen atoms in total. The van der Waals surface area contributed by atoms with Gasteiger partial charge >= 0.3 is 0 Å². The van der Waals surface area contributed by atoms with Crippen LogP contribution in [-0.2, 0) is 6.54 Å². The second kappa shape index (κ2) is 5.45. The summed E-state index contributed by atoms with van der Waals surface area (Å²) >= 11 is 0. The maximum absolute atomic E-state index is 5.98. The van der Waals surface area contributed by atoms with Crippen LogP contribution in [0.3, 0.4) is 0 Å². The van der Waals surface area contributed by atoms with Crippen LogP contribution < -0.4 is 10.1 Å². The van der Waals surface area contributed by atoms with Gasteiger partial charge in [0.25, 0.3) is 0 Å². The van der Waals surface area contributed by atoms with Gasteiger partial charge in [-0.25, -0.2) is 0 Å². The molecular weight excluding hydrogens is 234 g/mol. The quantitative estimate of drug-likeness (QED) is 0.868. The lowest BCUT2D eigenvalue weighted by molar-refractivity contribution is 0.472. The van der Waals surface area contributed by atoms with Crippen molar-refractivity contribution in [3.63, 3.8) is 0 Å². The van der Waals surface area contributed by atoms with Gasteiger partial charge in [0.15, 0.2) is 0 Å². The topological polar surface area (TPSA) is 21.3 Å². The Balaban J connectivity index is 1.73. The van der Waals surface area contributed by atoms with Crippen molar-refractivity contribution in [2.75, 3.05) is 0 Å². The van der Waals surface area contributed by atoms with Crippen LogP contribution in [0, 0.1) is 6.92 Å². The summed E-state index contributed by atoms with van der Waals surface area (Å²) in [6.45, 7) is 2.96. The van der Waals surface area contributed by atoms with Crippen LogP contribution in [-0.4, -0.2) is 6.04 Å². The Hall–Kier alpha value is -1.80. The molecule has 0 radical (unpaired) electrons. The molecular formula is C17H19NO. The summed E-state index contributed by atoms with van der Waals surface area (Å²) in [6.07, 6.45) is 2.61. The molecule has 1 fully saturated rings. The van der Waals surface area contributed by atoms with E-state index in [1.165, 1.54) is 24.0 Å². The fraction of sp³-hybridized carbons (Fsp3) is 0.294. The predicted octanol–water partition coefficient (Wildman–Crippen LogP) is 4.04. The Morgan fingerprint density at radius 2 is 1.79 bits per heavy atom. The monoisotopic (exact) mass is 253 g/mol. The minimum atomic E-state index is 0.715. The Morgan fingerprint density at radius 3 is 2.53 bits per heavy atom. The molecule has 0 heterocycles. The van der Waals surface area contributed by atoms with E-state index in [2.05, 4.69) is 36.5 Å². The van der Waals surface area contributed by atoms with E-state index < -0.39 is 0 Å². The summed E-state index contributed by atoms with van der Waals surface area (Å²) in [6, 6.07) is 17.1. The Kier molecular flexibility index (Phi) is 3.51. The van der Waals surface area contributed by atoms with Gasteiger partial charge in [0.2, 0.25) is 0 Å². The molecule has 0 bridgehead atoms. The van der Waals surface area contributed by atoms with Gasteiger partial charge in [0.1, 0.15) is 11.5 Å². The highest BCUT2D eigenvalue weighted by molar-refractivity contribution is 5.38. The molecule has 0 spiro atoms. The van der Waals surface area contributed by atoms with E-state index in [0.29, 0.717) is 6.04 Å². The first kappa shape index (κ1) is 12.2. The van der Waals surface area contributed by atoms with Crippen LogP contribution in [0.5, 0.6) is 11.5 Å². The number of nitrogens with one attached hydrogen (secondary N) is 1. The first-order chi connectivity index (χ1) is 9.31. The third kappa shape index (κ3) is 3.36. The summed E-state index contributed by atoms with van der Waals surface area (Å²) < 4.78 is 5.98. The molecule has 1 aliphatic carbocycles. The van der Waals surface area contributed by atoms with E-state index in [-0.39, 0.29) is 0 Å². The van der Waals surface area contributed by atoms with Crippen molar-refractivity contribution in [2.24, 2.45) is 0 Å². The Labute approximate surface area is 114 Å². The number of hydrogen-bond donors (Lipinski definition) is 1. The normalized spacial score (nSPS) is 14.4. The van der Waals surface area contributed by atoms with Crippen LogP contribution in [0.4, 0.5) is 0 Å². The van der Waals surface area contributed by atoms with Gasteiger partial charge in [0, 0.05) is 18.2 Å². The highest BCUT2D eigenvalue weighted by Gasteiger charge is 2.20. The van der Waals surface area contributed by atoms with Gasteiger partial charge in [0.05, 0.1) is 0 Å². The molecule has 2 heteroatoms. The molecule has 0 unspecified atom stereocenters. The molecule has 1 aliphatic rings. The number of benzene rings is 2. The number of para-hydroxylation sites is 1. The second-order valence-corrected chi connectivity index (χ2v) is 5.18. The number of aryl methyl sites for hydroxylation is 1. The van der Waals surface area contributed by atoms with Crippen LogP contribution in [0.25, 0.3) is 0 Å². The highest BCUT2D eigenvalue weighted by Crippen LogP contribution is 2.26. The predicted molar refractivity (Wildman–Crippen MR) is 77.6 cm³/mol. The zero-order chi connectivity index (χ0) is 13.1. The molecule has 19 heavy (non-hydrogen) atoms. The lowest BCUT2D eigenvalue weighted by atomic mass is 10.2. The number of ether oxygens (including phenoxy) is 1. The summed E-state index contributed by atoms with van der Waals surface area (Å²) in [5.74, 6) is 1.84. The van der Waals surface area contributed by atoms with E-state index in [0.717, 1.165) is 18.0 Å². The molecule has 0 aliphatic heterocycles. The lowest BCUT2D eigenvalue weighted by Gasteiger charge is -2.11. The summed E-state index contributed by atoms with van der Waals surface area (Å²) in [5.41, 5.74) is 2.46. The van der Waals surface area contributed by atoms with E-state index in [9.17, 15) is 0 Å². The summed E-state index contributed by atoms with van der Waals surface area (Å²) in [7, 11) is 0. The smallest absolute Gasteiger partial charge is 0.131 e. The zero-order valence-corrected chi connectivity index (χ0v) is 11.2. The van der Waals surface area contributed by atoms with Crippen molar-refractivity contribution in [1.82, 2.24) is 5.32 Å². The Morgan fingerprint density at radius 1 is 1.05 bits per heavy atom. The molecule has 0 atom stereocenters. The van der Waals surface area contributed by atoms with Crippen molar-refractivity contribution in [3.8, 4) is 11.5 Å². The van der Waals surface area contributed by atoms with E-state index >= 15 is 0 Å². The van der Waals surface area contributed by atoms with Crippen molar-refractivity contribution in [2.45, 2.75) is 32.4 Å². The molecule has 1 saturated carbocycles. The van der Waals surface area contributed by atoms with E-state index in [1.807, 2.05) is 24.3 Å². The van der Waals surface area contributed by atoms with Gasteiger partial charge < -0.3 is 10.1 Å². The fourth-order valence-electron chi connectivity index (χ4n) is 2.02. The van der Waals surface area contributed by atoms with E-state index in [1.54, 1.807) is 0 Å². The minimum Gasteiger partial charge on any atom is -0.457 e. The third-order valence-corrected chi connectivity index (χ3v) is 3.38. The molecule has 98 valence electrons. The first-order valence-corrected chi connectivity index (χ1v) is 6.87. The molecule has 0 aromatic heterocycles. The van der Waals surface area contributed by atoms with Crippen LogP contribution >= 0.6 is 0 Å². The molecule has 0 saturated heterocycles. The van der Waals surface area contributed by atoms with Crippen LogP contribution in [0.1, 0.15) is 24.0 Å². The fourth-order valence-corrected chi connectivity index (χ4v) is 2.02. The summed E-state index contributed by atoms with van der Waals surface area (Å²) in [5, 5.41) is 3.53. The van der Waals surface area contributed by atoms with Crippen molar-refractivity contribution >= 4 is 0 Å². The average Bonchev–Trinajstić information content (AvgIpc) is 3.25. The molecule has 2 aromatic carbocycles. The van der Waals surface area contributed by atoms with E-state index in [4.69, 9.17) is 4.74 Å². The molecule has 2 aromatic rings. The van der Waals surface area contributed by atoms with Crippen LogP contribution in [0.15, 0.2) is 48.5 Å². The largest absolute Gasteiger partial charge is 0.457 e. The molecule has 3 rings (SSSR count). The molecule has 0 amide bonds.